The Kier molecular flexibility index (Phi) is 11.3. The Bertz CT molecular complexity index is 335. The van der Waals surface area contributed by atoms with Gasteiger partial charge in [0, 0.05) is 17.1 Å². The molecular weight excluding hydrogens is 388 g/mol. The first-order valence-electron chi connectivity index (χ1n) is 4.44. The molecule has 0 aliphatic carbocycles. The van der Waals surface area contributed by atoms with Crippen LogP contribution in [0.3, 0.4) is 0 Å². The number of nitrogens with one attached hydrogen (secondary N) is 2. The summed E-state index contributed by atoms with van der Waals surface area (Å²) >= 11 is 2.99. The molecule has 0 saturated carbocycles. The molecule has 0 aromatic carbocycles. The van der Waals surface area contributed by atoms with E-state index in [-0.39, 0.29) is 45.0 Å². The van der Waals surface area contributed by atoms with Crippen molar-refractivity contribution in [3.05, 3.63) is 21.9 Å². The molecule has 0 aliphatic rings. The van der Waals surface area contributed by atoms with E-state index >= 15 is 0 Å². The number of aryl methyl sites for hydroxylation is 1. The van der Waals surface area contributed by atoms with Crippen molar-refractivity contribution in [2.75, 3.05) is 0 Å². The first kappa shape index (κ1) is 19.3. The fourth-order valence-corrected chi connectivity index (χ4v) is 2.70. The highest BCUT2D eigenvalue weighted by atomic mass is 79.9. The van der Waals surface area contributed by atoms with Crippen molar-refractivity contribution in [3.63, 3.8) is 0 Å². The van der Waals surface area contributed by atoms with Gasteiger partial charge in [0.15, 0.2) is 5.17 Å². The summed E-state index contributed by atoms with van der Waals surface area (Å²) in [5.41, 5.74) is 11.8. The number of rotatable bonds is 5. The molecule has 6 N–H and O–H groups in total. The third kappa shape index (κ3) is 7.80. The minimum atomic E-state index is 0. The van der Waals surface area contributed by atoms with Crippen LogP contribution in [0.5, 0.6) is 0 Å². The van der Waals surface area contributed by atoms with Crippen molar-refractivity contribution >= 4 is 68.1 Å². The fraction of sp³-hybridized carbons (Fsp3) is 0.333. The third-order valence-corrected chi connectivity index (χ3v) is 3.63. The van der Waals surface area contributed by atoms with Gasteiger partial charge in [-0.2, -0.15) is 0 Å². The largest absolute Gasteiger partial charge is 0.388 e. The van der Waals surface area contributed by atoms with Gasteiger partial charge in [-0.25, -0.2) is 0 Å². The lowest BCUT2D eigenvalue weighted by Crippen LogP contribution is -2.10. The van der Waals surface area contributed by atoms with Gasteiger partial charge in [0.05, 0.1) is 5.84 Å². The van der Waals surface area contributed by atoms with E-state index in [1.807, 2.05) is 11.4 Å². The van der Waals surface area contributed by atoms with Gasteiger partial charge in [0.2, 0.25) is 0 Å². The highest BCUT2D eigenvalue weighted by Crippen LogP contribution is 2.22. The molecule has 0 aliphatic heterocycles. The molecule has 4 nitrogen and oxygen atoms in total. The summed E-state index contributed by atoms with van der Waals surface area (Å²) in [7, 11) is 0. The predicted octanol–water partition coefficient (Wildman–Crippen LogP) is 2.90. The number of thiophene rings is 1. The molecule has 1 aromatic rings. The van der Waals surface area contributed by atoms with E-state index in [4.69, 9.17) is 22.3 Å². The molecule has 0 fully saturated rings. The molecule has 0 unspecified atom stereocenters. The minimum Gasteiger partial charge on any atom is -0.388 e. The van der Waals surface area contributed by atoms with E-state index in [2.05, 4.69) is 0 Å². The Labute approximate surface area is 130 Å². The van der Waals surface area contributed by atoms with Crippen LogP contribution in [-0.2, 0) is 12.2 Å². The Morgan fingerprint density at radius 2 is 1.94 bits per heavy atom. The van der Waals surface area contributed by atoms with Gasteiger partial charge < -0.3 is 11.5 Å². The molecular formula is C9H16Br2N4S2. The monoisotopic (exact) mass is 402 g/mol. The molecule has 0 radical (unpaired) electrons. The van der Waals surface area contributed by atoms with Crippen molar-refractivity contribution in [2.24, 2.45) is 11.5 Å². The van der Waals surface area contributed by atoms with E-state index < -0.39 is 0 Å². The minimum absolute atomic E-state index is 0. The Morgan fingerprint density at radius 3 is 2.47 bits per heavy atom. The molecule has 8 heteroatoms. The highest BCUT2D eigenvalue weighted by Gasteiger charge is 2.05. The zero-order valence-electron chi connectivity index (χ0n) is 9.06. The topological polar surface area (TPSA) is 99.7 Å². The van der Waals surface area contributed by atoms with E-state index in [1.165, 1.54) is 22.2 Å². The number of halogens is 2. The van der Waals surface area contributed by atoms with Gasteiger partial charge in [-0.3, -0.25) is 10.8 Å². The van der Waals surface area contributed by atoms with E-state index in [0.717, 1.165) is 12.2 Å². The Morgan fingerprint density at radius 1 is 1.29 bits per heavy atom. The molecule has 0 saturated heterocycles. The number of thioether (sulfide) groups is 1. The Hall–Kier alpha value is -0.0500. The molecule has 17 heavy (non-hydrogen) atoms. The molecule has 1 heterocycles. The van der Waals surface area contributed by atoms with Crippen LogP contribution in [-0.4, -0.2) is 11.0 Å². The van der Waals surface area contributed by atoms with Crippen LogP contribution >= 0.6 is 57.1 Å². The molecule has 0 amide bonds. The van der Waals surface area contributed by atoms with Crippen molar-refractivity contribution in [2.45, 2.75) is 18.6 Å². The second-order valence-electron chi connectivity index (χ2n) is 3.05. The Balaban J connectivity index is 0. The van der Waals surface area contributed by atoms with Crippen molar-refractivity contribution < 1.29 is 0 Å². The first-order valence-corrected chi connectivity index (χ1v) is 6.31. The third-order valence-electron chi connectivity index (χ3n) is 1.84. The second-order valence-corrected chi connectivity index (χ2v) is 5.07. The average molecular weight is 404 g/mol. The summed E-state index contributed by atoms with van der Waals surface area (Å²) < 4.78 is 0. The van der Waals surface area contributed by atoms with Crippen molar-refractivity contribution in [1.29, 1.82) is 10.8 Å². The van der Waals surface area contributed by atoms with Crippen LogP contribution in [0.15, 0.2) is 11.4 Å². The average Bonchev–Trinajstić information content (AvgIpc) is 2.58. The smallest absolute Gasteiger partial charge is 0.151 e. The number of hydrogen-bond acceptors (Lipinski definition) is 4. The van der Waals surface area contributed by atoms with Crippen molar-refractivity contribution in [3.8, 4) is 0 Å². The number of amidine groups is 2. The molecule has 1 aromatic heterocycles. The summed E-state index contributed by atoms with van der Waals surface area (Å²) in [6, 6.07) is 2.04. The lowest BCUT2D eigenvalue weighted by atomic mass is 10.2. The maximum Gasteiger partial charge on any atom is 0.151 e. The normalized spacial score (nSPS) is 8.94. The van der Waals surface area contributed by atoms with Crippen LogP contribution in [0.2, 0.25) is 0 Å². The maximum absolute atomic E-state index is 7.16. The SMILES string of the molecule is Br.Br.N=C(N)CCc1sccc1CSC(=N)N. The van der Waals surface area contributed by atoms with Gasteiger partial charge in [-0.15, -0.1) is 45.3 Å². The predicted molar refractivity (Wildman–Crippen MR) is 88.4 cm³/mol. The summed E-state index contributed by atoms with van der Waals surface area (Å²) in [5.74, 6) is 0.945. The lowest BCUT2D eigenvalue weighted by molar-refractivity contribution is 1.03. The molecule has 1 rings (SSSR count). The van der Waals surface area contributed by atoms with Gasteiger partial charge in [-0.1, -0.05) is 11.8 Å². The van der Waals surface area contributed by atoms with Gasteiger partial charge >= 0.3 is 0 Å². The zero-order valence-corrected chi connectivity index (χ0v) is 14.1. The number of hydrogen-bond donors (Lipinski definition) is 4. The number of nitrogens with two attached hydrogens (primary N) is 2. The molecule has 98 valence electrons. The molecule has 0 atom stereocenters. The van der Waals surface area contributed by atoms with Crippen molar-refractivity contribution in [1.82, 2.24) is 0 Å². The quantitative estimate of drug-likeness (QED) is 0.449. The van der Waals surface area contributed by atoms with Gasteiger partial charge in [0.1, 0.15) is 0 Å². The van der Waals surface area contributed by atoms with E-state index in [1.54, 1.807) is 11.3 Å². The van der Waals surface area contributed by atoms with Crippen LogP contribution in [0, 0.1) is 10.8 Å². The lowest BCUT2D eigenvalue weighted by Gasteiger charge is -2.02. The van der Waals surface area contributed by atoms with Gasteiger partial charge in [-0.05, 0) is 23.4 Å². The van der Waals surface area contributed by atoms with Gasteiger partial charge in [0.25, 0.3) is 0 Å². The fourth-order valence-electron chi connectivity index (χ4n) is 1.12. The van der Waals surface area contributed by atoms with Crippen LogP contribution in [0.4, 0.5) is 0 Å². The highest BCUT2D eigenvalue weighted by molar-refractivity contribution is 8.93. The van der Waals surface area contributed by atoms with Crippen LogP contribution in [0.25, 0.3) is 0 Å². The zero-order chi connectivity index (χ0) is 11.3. The summed E-state index contributed by atoms with van der Waals surface area (Å²) in [6.45, 7) is 0. The second kappa shape index (κ2) is 9.93. The van der Waals surface area contributed by atoms with E-state index in [0.29, 0.717) is 6.42 Å². The van der Waals surface area contributed by atoms with Crippen LogP contribution in [0.1, 0.15) is 16.9 Å². The molecule has 0 bridgehead atoms. The summed E-state index contributed by atoms with van der Waals surface area (Å²) in [4.78, 5) is 1.24. The summed E-state index contributed by atoms with van der Waals surface area (Å²) in [5, 5.41) is 16.4. The molecule has 0 spiro atoms. The first-order chi connectivity index (χ1) is 7.09. The van der Waals surface area contributed by atoms with E-state index in [9.17, 15) is 0 Å². The van der Waals surface area contributed by atoms with Crippen LogP contribution < -0.4 is 11.5 Å². The maximum atomic E-state index is 7.16. The summed E-state index contributed by atoms with van der Waals surface area (Å²) in [6.07, 6.45) is 1.40. The standard InChI is InChI=1S/C9H14N4S2.2BrH/c10-8(11)2-1-7-6(3-4-14-7)5-15-9(12)13;;/h3-4H,1-2,5H2,(H3,10,11)(H3,12,13);2*1H.